The minimum absolute atomic E-state index is 0.0847. The summed E-state index contributed by atoms with van der Waals surface area (Å²) in [6.45, 7) is 2.50. The molecule has 1 aliphatic rings. The summed E-state index contributed by atoms with van der Waals surface area (Å²) in [7, 11) is 1.53. The third-order valence-electron chi connectivity index (χ3n) is 4.61. The van der Waals surface area contributed by atoms with Gasteiger partial charge in [0.1, 0.15) is 15.5 Å². The summed E-state index contributed by atoms with van der Waals surface area (Å²) in [5.74, 6) is 0.766. The molecule has 0 atom stereocenters. The Hall–Kier alpha value is -3.17. The second kappa shape index (κ2) is 8.91. The zero-order chi connectivity index (χ0) is 22.0. The largest absolute Gasteiger partial charge is 0.493 e. The number of hydrogen-bond acceptors (Lipinski definition) is 7. The molecule has 0 spiro atoms. The lowest BCUT2D eigenvalue weighted by Crippen LogP contribution is -2.28. The third kappa shape index (κ3) is 4.06. The van der Waals surface area contributed by atoms with Crippen LogP contribution in [0.3, 0.4) is 0 Å². The first-order valence-electron chi connectivity index (χ1n) is 9.61. The number of hydrogen-bond donors (Lipinski definition) is 0. The predicted molar refractivity (Wildman–Crippen MR) is 125 cm³/mol. The number of aromatic nitrogens is 2. The zero-order valence-corrected chi connectivity index (χ0v) is 18.5. The van der Waals surface area contributed by atoms with Gasteiger partial charge in [-0.05, 0) is 36.8 Å². The van der Waals surface area contributed by atoms with E-state index in [1.54, 1.807) is 47.5 Å². The predicted octanol–water partition coefficient (Wildman–Crippen LogP) is 4.11. The van der Waals surface area contributed by atoms with Crippen LogP contribution >= 0.6 is 24.0 Å². The van der Waals surface area contributed by atoms with Gasteiger partial charge in [0.15, 0.2) is 11.5 Å². The van der Waals surface area contributed by atoms with Gasteiger partial charge in [0.05, 0.1) is 12.0 Å². The maximum Gasteiger partial charge on any atom is 0.269 e. The standard InChI is InChI=1S/C22H19N3O4S2/c1-3-11-25-21(27)17(31-22(25)30)13-14-19(29-16-9-5-4-8-15(16)28-2)23-18-10-6-7-12-24(18)20(14)26/h4-10,12-13H,3,11H2,1-2H3/b17-13+. The summed E-state index contributed by atoms with van der Waals surface area (Å²) in [6, 6.07) is 12.3. The molecule has 0 N–H and O–H groups in total. The Morgan fingerprint density at radius 2 is 1.87 bits per heavy atom. The molecular formula is C22H19N3O4S2. The Balaban J connectivity index is 1.87. The lowest BCUT2D eigenvalue weighted by Gasteiger charge is -2.13. The molecule has 4 rings (SSSR count). The summed E-state index contributed by atoms with van der Waals surface area (Å²) in [5, 5.41) is 0. The van der Waals surface area contributed by atoms with Crippen molar-refractivity contribution in [3.8, 4) is 17.4 Å². The maximum atomic E-state index is 13.3. The highest BCUT2D eigenvalue weighted by atomic mass is 32.2. The smallest absolute Gasteiger partial charge is 0.269 e. The normalized spacial score (nSPS) is 15.2. The highest BCUT2D eigenvalue weighted by Crippen LogP contribution is 2.35. The average Bonchev–Trinajstić information content (AvgIpc) is 3.04. The lowest BCUT2D eigenvalue weighted by molar-refractivity contribution is -0.122. The number of thioether (sulfide) groups is 1. The molecule has 0 unspecified atom stereocenters. The number of nitrogens with zero attached hydrogens (tertiary/aromatic N) is 3. The fourth-order valence-corrected chi connectivity index (χ4v) is 4.43. The van der Waals surface area contributed by atoms with Gasteiger partial charge >= 0.3 is 0 Å². The van der Waals surface area contributed by atoms with Crippen LogP contribution in [0.25, 0.3) is 11.7 Å². The number of rotatable bonds is 6. The molecule has 0 bridgehead atoms. The molecule has 0 radical (unpaired) electrons. The van der Waals surface area contributed by atoms with Gasteiger partial charge in [0.25, 0.3) is 11.5 Å². The van der Waals surface area contributed by atoms with Crippen LogP contribution in [0.2, 0.25) is 0 Å². The fourth-order valence-electron chi connectivity index (χ4n) is 3.14. The van der Waals surface area contributed by atoms with E-state index in [0.717, 1.165) is 6.42 Å². The Labute approximate surface area is 188 Å². The van der Waals surface area contributed by atoms with Gasteiger partial charge in [-0.15, -0.1) is 0 Å². The molecule has 1 fully saturated rings. The number of methoxy groups -OCH3 is 1. The second-order valence-electron chi connectivity index (χ2n) is 6.65. The van der Waals surface area contributed by atoms with Gasteiger partial charge in [-0.2, -0.15) is 4.98 Å². The first-order chi connectivity index (χ1) is 15.0. The number of carbonyl (C=O) groups excluding carboxylic acids is 1. The van der Waals surface area contributed by atoms with Gasteiger partial charge < -0.3 is 9.47 Å². The number of ether oxygens (including phenoxy) is 2. The van der Waals surface area contributed by atoms with E-state index in [4.69, 9.17) is 21.7 Å². The minimum atomic E-state index is -0.351. The average molecular weight is 454 g/mol. The summed E-state index contributed by atoms with van der Waals surface area (Å²) in [6.07, 6.45) is 3.91. The van der Waals surface area contributed by atoms with E-state index in [2.05, 4.69) is 4.98 Å². The van der Waals surface area contributed by atoms with E-state index >= 15 is 0 Å². The minimum Gasteiger partial charge on any atom is -0.493 e. The molecule has 2 aromatic heterocycles. The number of thiocarbonyl (C=S) groups is 1. The second-order valence-corrected chi connectivity index (χ2v) is 8.33. The Morgan fingerprint density at radius 1 is 1.13 bits per heavy atom. The Morgan fingerprint density at radius 3 is 2.61 bits per heavy atom. The van der Waals surface area contributed by atoms with Gasteiger partial charge in [-0.3, -0.25) is 18.9 Å². The molecule has 3 heterocycles. The van der Waals surface area contributed by atoms with Crippen molar-refractivity contribution in [3.63, 3.8) is 0 Å². The molecule has 7 nitrogen and oxygen atoms in total. The highest BCUT2D eigenvalue weighted by Gasteiger charge is 2.32. The summed E-state index contributed by atoms with van der Waals surface area (Å²) >= 11 is 6.50. The van der Waals surface area contributed by atoms with Crippen LogP contribution in [0.4, 0.5) is 0 Å². The van der Waals surface area contributed by atoms with Crippen molar-refractivity contribution in [1.82, 2.24) is 14.3 Å². The highest BCUT2D eigenvalue weighted by molar-refractivity contribution is 8.26. The maximum absolute atomic E-state index is 13.3. The van der Waals surface area contributed by atoms with Gasteiger partial charge in [0.2, 0.25) is 5.88 Å². The van der Waals surface area contributed by atoms with Crippen molar-refractivity contribution in [2.45, 2.75) is 13.3 Å². The van der Waals surface area contributed by atoms with Crippen LogP contribution in [0.1, 0.15) is 18.9 Å². The quantitative estimate of drug-likeness (QED) is 0.411. The van der Waals surface area contributed by atoms with Gasteiger partial charge in [-0.25, -0.2) is 0 Å². The topological polar surface area (TPSA) is 73.1 Å². The van der Waals surface area contributed by atoms with Crippen molar-refractivity contribution >= 4 is 45.9 Å². The molecular weight excluding hydrogens is 434 g/mol. The lowest BCUT2D eigenvalue weighted by atomic mass is 10.2. The molecule has 0 aliphatic carbocycles. The van der Waals surface area contributed by atoms with Crippen molar-refractivity contribution in [2.75, 3.05) is 13.7 Å². The van der Waals surface area contributed by atoms with Crippen LogP contribution in [0, 0.1) is 0 Å². The zero-order valence-electron chi connectivity index (χ0n) is 16.9. The van der Waals surface area contributed by atoms with E-state index < -0.39 is 0 Å². The number of para-hydroxylation sites is 2. The van der Waals surface area contributed by atoms with E-state index in [-0.39, 0.29) is 22.9 Å². The van der Waals surface area contributed by atoms with E-state index in [1.165, 1.54) is 29.3 Å². The Bertz CT molecular complexity index is 1270. The van der Waals surface area contributed by atoms with Crippen molar-refractivity contribution in [1.29, 1.82) is 0 Å². The summed E-state index contributed by atoms with van der Waals surface area (Å²) < 4.78 is 13.2. The number of benzene rings is 1. The first-order valence-corrected chi connectivity index (χ1v) is 10.8. The third-order valence-corrected chi connectivity index (χ3v) is 5.98. The fraction of sp³-hybridized carbons (Fsp3) is 0.182. The number of amides is 1. The van der Waals surface area contributed by atoms with Crippen LogP contribution in [0.5, 0.6) is 17.4 Å². The first kappa shape index (κ1) is 21.1. The van der Waals surface area contributed by atoms with Crippen LogP contribution in [0.15, 0.2) is 58.4 Å². The van der Waals surface area contributed by atoms with E-state index in [1.807, 2.05) is 13.0 Å². The van der Waals surface area contributed by atoms with Crippen LogP contribution in [-0.4, -0.2) is 38.2 Å². The van der Waals surface area contributed by atoms with Gasteiger partial charge in [0, 0.05) is 12.7 Å². The van der Waals surface area contributed by atoms with E-state index in [0.29, 0.717) is 32.9 Å². The summed E-state index contributed by atoms with van der Waals surface area (Å²) in [4.78, 5) is 32.5. The van der Waals surface area contributed by atoms with Crippen molar-refractivity contribution < 1.29 is 14.3 Å². The number of pyridine rings is 1. The summed E-state index contributed by atoms with van der Waals surface area (Å²) in [5.41, 5.74) is 0.232. The molecule has 1 aromatic carbocycles. The van der Waals surface area contributed by atoms with Crippen molar-refractivity contribution in [2.24, 2.45) is 0 Å². The molecule has 31 heavy (non-hydrogen) atoms. The van der Waals surface area contributed by atoms with Gasteiger partial charge in [-0.1, -0.05) is 49.1 Å². The molecule has 0 saturated carbocycles. The molecule has 1 amide bonds. The Kier molecular flexibility index (Phi) is 6.06. The molecule has 1 saturated heterocycles. The number of fused-ring (bicyclic) bond motifs is 1. The molecule has 3 aromatic rings. The van der Waals surface area contributed by atoms with Crippen molar-refractivity contribution in [3.05, 3.63) is 69.5 Å². The molecule has 1 aliphatic heterocycles. The number of carbonyl (C=O) groups is 1. The van der Waals surface area contributed by atoms with Crippen LogP contribution < -0.4 is 15.0 Å². The van der Waals surface area contributed by atoms with E-state index in [9.17, 15) is 9.59 Å². The SMILES string of the molecule is CCCN1C(=O)/C(=C\c2c(Oc3ccccc3OC)nc3ccccn3c2=O)SC1=S. The molecule has 158 valence electrons. The molecule has 9 heteroatoms. The monoisotopic (exact) mass is 453 g/mol. The van der Waals surface area contributed by atoms with Crippen LogP contribution in [-0.2, 0) is 4.79 Å².